The van der Waals surface area contributed by atoms with Gasteiger partial charge in [0.15, 0.2) is 23.0 Å². The molecule has 0 saturated carbocycles. The third-order valence-electron chi connectivity index (χ3n) is 5.71. The Balaban J connectivity index is 1.66. The molecule has 0 spiro atoms. The van der Waals surface area contributed by atoms with Crippen LogP contribution in [0.4, 0.5) is 0 Å². The van der Waals surface area contributed by atoms with Crippen molar-refractivity contribution in [3.8, 4) is 23.0 Å². The van der Waals surface area contributed by atoms with Crippen LogP contribution < -0.4 is 29.8 Å². The Bertz CT molecular complexity index is 997. The summed E-state index contributed by atoms with van der Waals surface area (Å²) in [5, 5.41) is 0. The fourth-order valence-electron chi connectivity index (χ4n) is 4.21. The monoisotopic (exact) mass is 408 g/mol. The van der Waals surface area contributed by atoms with Gasteiger partial charge in [0.05, 0.1) is 40.2 Å². The van der Waals surface area contributed by atoms with Gasteiger partial charge in [0.2, 0.25) is 0 Å². The third kappa shape index (κ3) is 3.71. The molecule has 0 saturated heterocycles. The lowest BCUT2D eigenvalue weighted by Crippen LogP contribution is -2.27. The number of nitrogens with one attached hydrogen (secondary N) is 2. The van der Waals surface area contributed by atoms with Gasteiger partial charge >= 0.3 is 0 Å². The maximum absolute atomic E-state index is 5.49. The van der Waals surface area contributed by atoms with E-state index >= 15 is 0 Å². The van der Waals surface area contributed by atoms with E-state index in [1.807, 2.05) is 24.3 Å². The molecule has 1 aliphatic carbocycles. The van der Waals surface area contributed by atoms with Gasteiger partial charge in [-0.05, 0) is 71.9 Å². The van der Waals surface area contributed by atoms with Crippen LogP contribution in [-0.2, 0) is 0 Å². The molecule has 2 N–H and O–H groups in total. The van der Waals surface area contributed by atoms with Gasteiger partial charge in [-0.3, -0.25) is 0 Å². The molecule has 30 heavy (non-hydrogen) atoms. The van der Waals surface area contributed by atoms with E-state index in [4.69, 9.17) is 18.9 Å². The van der Waals surface area contributed by atoms with Gasteiger partial charge in [-0.2, -0.15) is 0 Å². The average molecular weight is 408 g/mol. The number of hydrogen-bond acceptors (Lipinski definition) is 6. The smallest absolute Gasteiger partial charge is 0.161 e. The molecule has 2 aromatic rings. The summed E-state index contributed by atoms with van der Waals surface area (Å²) >= 11 is 0. The van der Waals surface area contributed by atoms with Crippen LogP contribution in [0.15, 0.2) is 53.2 Å². The van der Waals surface area contributed by atoms with Crippen molar-refractivity contribution in [3.63, 3.8) is 0 Å². The van der Waals surface area contributed by atoms with E-state index in [1.165, 1.54) is 16.8 Å². The number of ether oxygens (including phenoxy) is 4. The second-order valence-corrected chi connectivity index (χ2v) is 7.35. The molecule has 0 fully saturated rings. The zero-order chi connectivity index (χ0) is 21.1. The first-order valence-electron chi connectivity index (χ1n) is 10.1. The van der Waals surface area contributed by atoms with Crippen LogP contribution >= 0.6 is 0 Å². The molecular weight excluding hydrogens is 380 g/mol. The minimum Gasteiger partial charge on any atom is -0.493 e. The van der Waals surface area contributed by atoms with Gasteiger partial charge in [0.1, 0.15) is 0 Å². The van der Waals surface area contributed by atoms with E-state index in [0.29, 0.717) is 0 Å². The predicted octanol–water partition coefficient (Wildman–Crippen LogP) is 4.39. The summed E-state index contributed by atoms with van der Waals surface area (Å²) < 4.78 is 21.7. The van der Waals surface area contributed by atoms with Crippen molar-refractivity contribution in [2.75, 3.05) is 28.4 Å². The minimum absolute atomic E-state index is 0.105. The highest BCUT2D eigenvalue weighted by molar-refractivity contribution is 5.64. The third-order valence-corrected chi connectivity index (χ3v) is 5.71. The summed E-state index contributed by atoms with van der Waals surface area (Å²) in [6.45, 7) is 0. The minimum atomic E-state index is 0.105. The molecule has 6 heteroatoms. The zero-order valence-electron chi connectivity index (χ0n) is 17.9. The summed E-state index contributed by atoms with van der Waals surface area (Å²) in [5.41, 5.74) is 13.0. The Morgan fingerprint density at radius 1 is 0.800 bits per heavy atom. The van der Waals surface area contributed by atoms with Crippen molar-refractivity contribution in [2.45, 2.75) is 25.3 Å². The molecule has 1 heterocycles. The fourth-order valence-corrected chi connectivity index (χ4v) is 4.21. The molecule has 0 aromatic heterocycles. The molecule has 2 aliphatic rings. The number of rotatable bonds is 6. The zero-order valence-corrected chi connectivity index (χ0v) is 17.9. The van der Waals surface area contributed by atoms with E-state index in [9.17, 15) is 0 Å². The lowest BCUT2D eigenvalue weighted by Gasteiger charge is -2.20. The van der Waals surface area contributed by atoms with E-state index in [1.54, 1.807) is 28.4 Å². The summed E-state index contributed by atoms with van der Waals surface area (Å²) in [4.78, 5) is 0. The first-order chi connectivity index (χ1) is 14.7. The molecule has 4 rings (SSSR count). The number of hydrogen-bond donors (Lipinski definition) is 2. The highest BCUT2D eigenvalue weighted by Gasteiger charge is 2.31. The topological polar surface area (TPSA) is 61.0 Å². The largest absolute Gasteiger partial charge is 0.493 e. The van der Waals surface area contributed by atoms with Gasteiger partial charge in [0.25, 0.3) is 0 Å². The number of benzene rings is 2. The van der Waals surface area contributed by atoms with Crippen molar-refractivity contribution in [3.05, 3.63) is 64.4 Å². The second-order valence-electron chi connectivity index (χ2n) is 7.35. The number of methoxy groups -OCH3 is 4. The highest BCUT2D eigenvalue weighted by Crippen LogP contribution is 2.41. The lowest BCUT2D eigenvalue weighted by atomic mass is 9.86. The Labute approximate surface area is 177 Å². The quantitative estimate of drug-likeness (QED) is 0.739. The van der Waals surface area contributed by atoms with Crippen LogP contribution in [0.2, 0.25) is 0 Å². The summed E-state index contributed by atoms with van der Waals surface area (Å²) in [7, 11) is 6.62. The average Bonchev–Trinajstić information content (AvgIpc) is 3.23. The Morgan fingerprint density at radius 3 is 2.17 bits per heavy atom. The number of hydrazine groups is 1. The first-order valence-corrected chi connectivity index (χ1v) is 10.1. The maximum Gasteiger partial charge on any atom is 0.161 e. The highest BCUT2D eigenvalue weighted by atomic mass is 16.5. The maximum atomic E-state index is 5.49. The van der Waals surface area contributed by atoms with Gasteiger partial charge in [-0.1, -0.05) is 12.1 Å². The van der Waals surface area contributed by atoms with E-state index in [-0.39, 0.29) is 6.04 Å². The molecule has 6 nitrogen and oxygen atoms in total. The lowest BCUT2D eigenvalue weighted by molar-refractivity contribution is 0.354. The predicted molar refractivity (Wildman–Crippen MR) is 117 cm³/mol. The molecule has 2 aromatic carbocycles. The van der Waals surface area contributed by atoms with Gasteiger partial charge in [0, 0.05) is 0 Å². The Hall–Kier alpha value is -3.12. The van der Waals surface area contributed by atoms with Crippen molar-refractivity contribution in [1.82, 2.24) is 10.9 Å². The Morgan fingerprint density at radius 2 is 1.47 bits per heavy atom. The van der Waals surface area contributed by atoms with Crippen LogP contribution in [0.1, 0.15) is 36.4 Å². The molecule has 158 valence electrons. The fraction of sp³-hybridized carbons (Fsp3) is 0.333. The van der Waals surface area contributed by atoms with Crippen molar-refractivity contribution >= 4 is 6.08 Å². The molecule has 0 amide bonds. The second kappa shape index (κ2) is 8.71. The van der Waals surface area contributed by atoms with E-state index in [2.05, 4.69) is 29.1 Å². The van der Waals surface area contributed by atoms with Gasteiger partial charge < -0.3 is 24.4 Å². The van der Waals surface area contributed by atoms with Crippen LogP contribution in [0.25, 0.3) is 6.08 Å². The SMILES string of the molecule is COc1ccc(/C=C2/CCCC3=C2NNC3c2ccc(OC)c(OC)c2)cc1OC. The standard InChI is InChI=1S/C24H28N2O4/c1-27-19-10-8-15(13-21(19)29-3)12-16-6-5-7-18-23(16)25-26-24(18)17-9-11-20(28-2)22(14-17)30-4/h8-14,24-26H,5-7H2,1-4H3/b16-12-. The van der Waals surface area contributed by atoms with Crippen molar-refractivity contribution < 1.29 is 18.9 Å². The molecule has 1 atom stereocenters. The van der Waals surface area contributed by atoms with Gasteiger partial charge in [-0.15, -0.1) is 0 Å². The molecule has 0 radical (unpaired) electrons. The molecule has 1 unspecified atom stereocenters. The number of allylic oxidation sites excluding steroid dienone is 1. The van der Waals surface area contributed by atoms with Gasteiger partial charge in [-0.25, -0.2) is 5.43 Å². The molecular formula is C24H28N2O4. The van der Waals surface area contributed by atoms with Crippen molar-refractivity contribution in [2.24, 2.45) is 0 Å². The normalized spacial score (nSPS) is 19.3. The molecule has 0 bridgehead atoms. The van der Waals surface area contributed by atoms with Crippen LogP contribution in [-0.4, -0.2) is 28.4 Å². The van der Waals surface area contributed by atoms with E-state index in [0.717, 1.165) is 53.4 Å². The van der Waals surface area contributed by atoms with Crippen LogP contribution in [0.5, 0.6) is 23.0 Å². The molecule has 1 aliphatic heterocycles. The van der Waals surface area contributed by atoms with Crippen LogP contribution in [0.3, 0.4) is 0 Å². The Kier molecular flexibility index (Phi) is 5.86. The summed E-state index contributed by atoms with van der Waals surface area (Å²) in [5.74, 6) is 2.94. The van der Waals surface area contributed by atoms with Crippen LogP contribution in [0, 0.1) is 0 Å². The van der Waals surface area contributed by atoms with Crippen molar-refractivity contribution in [1.29, 1.82) is 0 Å². The van der Waals surface area contributed by atoms with E-state index < -0.39 is 0 Å². The summed E-state index contributed by atoms with van der Waals surface area (Å²) in [6.07, 6.45) is 5.42. The summed E-state index contributed by atoms with van der Waals surface area (Å²) in [6, 6.07) is 12.2. The first kappa shape index (κ1) is 20.2.